The van der Waals surface area contributed by atoms with E-state index in [-0.39, 0.29) is 0 Å². The number of hydrogen-bond acceptors (Lipinski definition) is 3. The zero-order valence-electron chi connectivity index (χ0n) is 8.43. The van der Waals surface area contributed by atoms with Gasteiger partial charge in [-0.1, -0.05) is 11.6 Å². The van der Waals surface area contributed by atoms with Gasteiger partial charge in [0.1, 0.15) is 0 Å². The lowest BCUT2D eigenvalue weighted by Gasteiger charge is -2.07. The van der Waals surface area contributed by atoms with Crippen LogP contribution in [0.25, 0.3) is 0 Å². The zero-order valence-corrected chi connectivity index (χ0v) is 9.18. The maximum Gasteiger partial charge on any atom is 0.341 e. The number of carbonyl (C=O) groups excluding carboxylic acids is 1. The second-order valence-corrected chi connectivity index (χ2v) is 3.29. The first-order chi connectivity index (χ1) is 6.57. The predicted molar refractivity (Wildman–Crippen MR) is 54.7 cm³/mol. The molecule has 0 fully saturated rings. The largest absolute Gasteiger partial charge is 0.462 e. The summed E-state index contributed by atoms with van der Waals surface area (Å²) in [6, 6.07) is 0. The normalized spacial score (nSPS) is 10.0. The maximum atomic E-state index is 11.4. The van der Waals surface area contributed by atoms with E-state index in [2.05, 4.69) is 4.98 Å². The highest BCUT2D eigenvalue weighted by atomic mass is 35.5. The molecule has 14 heavy (non-hydrogen) atoms. The van der Waals surface area contributed by atoms with Gasteiger partial charge in [-0.05, 0) is 26.3 Å². The molecule has 0 aromatic carbocycles. The predicted octanol–water partition coefficient (Wildman–Crippen LogP) is 2.53. The van der Waals surface area contributed by atoms with Gasteiger partial charge in [-0.25, -0.2) is 4.79 Å². The van der Waals surface area contributed by atoms with Crippen molar-refractivity contribution in [2.24, 2.45) is 0 Å². The van der Waals surface area contributed by atoms with Gasteiger partial charge < -0.3 is 4.74 Å². The number of nitrogens with zero attached hydrogens (tertiary/aromatic N) is 1. The summed E-state index contributed by atoms with van der Waals surface area (Å²) in [4.78, 5) is 15.4. The van der Waals surface area contributed by atoms with Gasteiger partial charge in [-0.2, -0.15) is 0 Å². The van der Waals surface area contributed by atoms with Crippen molar-refractivity contribution < 1.29 is 9.53 Å². The van der Waals surface area contributed by atoms with Gasteiger partial charge >= 0.3 is 5.97 Å². The monoisotopic (exact) mass is 213 g/mol. The molecule has 1 aromatic rings. The van der Waals surface area contributed by atoms with Crippen molar-refractivity contribution in [1.29, 1.82) is 0 Å². The fraction of sp³-hybridized carbons (Fsp3) is 0.400. The Morgan fingerprint density at radius 2 is 2.21 bits per heavy atom. The van der Waals surface area contributed by atoms with Gasteiger partial charge in [0.2, 0.25) is 0 Å². The molecule has 0 atom stereocenters. The van der Waals surface area contributed by atoms with Gasteiger partial charge in [0.15, 0.2) is 0 Å². The van der Waals surface area contributed by atoms with Crippen LogP contribution >= 0.6 is 11.6 Å². The quantitative estimate of drug-likeness (QED) is 0.709. The first-order valence-electron chi connectivity index (χ1n) is 4.36. The van der Waals surface area contributed by atoms with Crippen LogP contribution in [0.3, 0.4) is 0 Å². The number of pyridine rings is 1. The smallest absolute Gasteiger partial charge is 0.341 e. The standard InChI is InChI=1S/C10H12ClNO2/c1-4-14-10(13)8-5-12-7(3)6(2)9(8)11/h5H,4H2,1-3H3. The van der Waals surface area contributed by atoms with Gasteiger partial charge in [-0.15, -0.1) is 0 Å². The number of aromatic nitrogens is 1. The fourth-order valence-electron chi connectivity index (χ4n) is 1.03. The van der Waals surface area contributed by atoms with Crippen LogP contribution in [0.15, 0.2) is 6.20 Å². The number of ether oxygens (including phenoxy) is 1. The second-order valence-electron chi connectivity index (χ2n) is 2.92. The first-order valence-corrected chi connectivity index (χ1v) is 4.74. The molecule has 0 unspecified atom stereocenters. The first kappa shape index (κ1) is 11.0. The average Bonchev–Trinajstić information content (AvgIpc) is 2.15. The van der Waals surface area contributed by atoms with E-state index in [1.807, 2.05) is 13.8 Å². The summed E-state index contributed by atoms with van der Waals surface area (Å²) in [5, 5.41) is 0.427. The Morgan fingerprint density at radius 1 is 1.57 bits per heavy atom. The van der Waals surface area contributed by atoms with Crippen molar-refractivity contribution >= 4 is 17.6 Å². The van der Waals surface area contributed by atoms with Crippen molar-refractivity contribution in [1.82, 2.24) is 4.98 Å². The third kappa shape index (κ3) is 2.04. The fourth-order valence-corrected chi connectivity index (χ4v) is 1.29. The van der Waals surface area contributed by atoms with Gasteiger partial charge in [0.25, 0.3) is 0 Å². The van der Waals surface area contributed by atoms with Crippen LogP contribution in [0.2, 0.25) is 5.02 Å². The van der Waals surface area contributed by atoms with Crippen molar-refractivity contribution in [3.63, 3.8) is 0 Å². The van der Waals surface area contributed by atoms with Crippen LogP contribution in [-0.4, -0.2) is 17.6 Å². The topological polar surface area (TPSA) is 39.2 Å². The molecule has 0 aliphatic rings. The molecule has 0 N–H and O–H groups in total. The second kappa shape index (κ2) is 4.42. The van der Waals surface area contributed by atoms with Crippen molar-refractivity contribution in [2.45, 2.75) is 20.8 Å². The van der Waals surface area contributed by atoms with E-state index in [0.29, 0.717) is 17.2 Å². The van der Waals surface area contributed by atoms with E-state index in [1.165, 1.54) is 6.20 Å². The minimum atomic E-state index is -0.423. The number of halogens is 1. The number of rotatable bonds is 2. The number of aryl methyl sites for hydroxylation is 1. The molecule has 0 aliphatic carbocycles. The van der Waals surface area contributed by atoms with E-state index in [1.54, 1.807) is 6.92 Å². The lowest BCUT2D eigenvalue weighted by atomic mass is 10.1. The Balaban J connectivity index is 3.11. The molecule has 1 aromatic heterocycles. The minimum Gasteiger partial charge on any atom is -0.462 e. The molecule has 1 rings (SSSR count). The van der Waals surface area contributed by atoms with Crippen LogP contribution in [0, 0.1) is 13.8 Å². The summed E-state index contributed by atoms with van der Waals surface area (Å²) in [5.41, 5.74) is 1.97. The summed E-state index contributed by atoms with van der Waals surface area (Å²) in [6.45, 7) is 5.76. The number of esters is 1. The Kier molecular flexibility index (Phi) is 3.47. The Hall–Kier alpha value is -1.09. The van der Waals surface area contributed by atoms with Crippen molar-refractivity contribution in [3.05, 3.63) is 28.0 Å². The SMILES string of the molecule is CCOC(=O)c1cnc(C)c(C)c1Cl. The van der Waals surface area contributed by atoms with E-state index in [4.69, 9.17) is 16.3 Å². The highest BCUT2D eigenvalue weighted by Gasteiger charge is 2.14. The lowest BCUT2D eigenvalue weighted by Crippen LogP contribution is -2.07. The van der Waals surface area contributed by atoms with Crippen LogP contribution in [0.4, 0.5) is 0 Å². The highest BCUT2D eigenvalue weighted by Crippen LogP contribution is 2.22. The maximum absolute atomic E-state index is 11.4. The Morgan fingerprint density at radius 3 is 2.79 bits per heavy atom. The molecule has 0 saturated heterocycles. The molecule has 4 heteroatoms. The molecule has 0 spiro atoms. The van der Waals surface area contributed by atoms with Gasteiger partial charge in [-0.3, -0.25) is 4.98 Å². The molecule has 3 nitrogen and oxygen atoms in total. The summed E-state index contributed by atoms with van der Waals surface area (Å²) in [6.07, 6.45) is 1.45. The third-order valence-corrected chi connectivity index (χ3v) is 2.48. The average molecular weight is 214 g/mol. The molecule has 0 bridgehead atoms. The summed E-state index contributed by atoms with van der Waals surface area (Å²) in [5.74, 6) is -0.423. The molecule has 0 saturated carbocycles. The molecule has 76 valence electrons. The molecule has 0 amide bonds. The van der Waals surface area contributed by atoms with Crippen molar-refractivity contribution in [3.8, 4) is 0 Å². The summed E-state index contributed by atoms with van der Waals surface area (Å²) < 4.78 is 4.84. The molecular formula is C10H12ClNO2. The third-order valence-electron chi connectivity index (χ3n) is 1.99. The lowest BCUT2D eigenvalue weighted by molar-refractivity contribution is 0.0526. The summed E-state index contributed by atoms with van der Waals surface area (Å²) >= 11 is 5.99. The van der Waals surface area contributed by atoms with Crippen molar-refractivity contribution in [2.75, 3.05) is 6.61 Å². The van der Waals surface area contributed by atoms with E-state index in [9.17, 15) is 4.79 Å². The minimum absolute atomic E-state index is 0.330. The Bertz CT molecular complexity index is 363. The molecule has 0 radical (unpaired) electrons. The zero-order chi connectivity index (χ0) is 10.7. The summed E-state index contributed by atoms with van der Waals surface area (Å²) in [7, 11) is 0. The van der Waals surface area contributed by atoms with E-state index < -0.39 is 5.97 Å². The van der Waals surface area contributed by atoms with Crippen LogP contribution < -0.4 is 0 Å². The number of carbonyl (C=O) groups is 1. The molecule has 1 heterocycles. The van der Waals surface area contributed by atoms with E-state index >= 15 is 0 Å². The van der Waals surface area contributed by atoms with Gasteiger partial charge in [0, 0.05) is 11.9 Å². The van der Waals surface area contributed by atoms with E-state index in [0.717, 1.165) is 11.3 Å². The Labute approximate surface area is 88.1 Å². The van der Waals surface area contributed by atoms with Gasteiger partial charge in [0.05, 0.1) is 17.2 Å². The molecule has 0 aliphatic heterocycles. The van der Waals surface area contributed by atoms with Crippen LogP contribution in [0.1, 0.15) is 28.5 Å². The molecular weight excluding hydrogens is 202 g/mol. The highest BCUT2D eigenvalue weighted by molar-refractivity contribution is 6.34. The number of hydrogen-bond donors (Lipinski definition) is 0. The van der Waals surface area contributed by atoms with Crippen LogP contribution in [-0.2, 0) is 4.74 Å². The van der Waals surface area contributed by atoms with Crippen LogP contribution in [0.5, 0.6) is 0 Å².